The van der Waals surface area contributed by atoms with Crippen LogP contribution < -0.4 is 0 Å². The van der Waals surface area contributed by atoms with Crippen molar-refractivity contribution in [2.75, 3.05) is 0 Å². The van der Waals surface area contributed by atoms with E-state index in [0.29, 0.717) is 41.5 Å². The van der Waals surface area contributed by atoms with Crippen molar-refractivity contribution in [3.63, 3.8) is 0 Å². The molecule has 0 aromatic carbocycles. The minimum Gasteiger partial charge on any atom is -0.362 e. The Kier molecular flexibility index (Phi) is 5.39. The predicted octanol–water partition coefficient (Wildman–Crippen LogP) is 6.36. The van der Waals surface area contributed by atoms with Gasteiger partial charge in [-0.1, -0.05) is 46.1 Å². The van der Waals surface area contributed by atoms with Gasteiger partial charge in [-0.25, -0.2) is 0 Å². The summed E-state index contributed by atoms with van der Waals surface area (Å²) < 4.78 is 5.62. The van der Waals surface area contributed by atoms with Crippen LogP contribution >= 0.6 is 9.47 Å². The Balaban J connectivity index is 1.66. The largest absolute Gasteiger partial charge is 0.362 e. The van der Waals surface area contributed by atoms with Gasteiger partial charge in [-0.2, -0.15) is 0 Å². The Hall–Kier alpha value is -0.200. The first kappa shape index (κ1) is 20.1. The van der Waals surface area contributed by atoms with Gasteiger partial charge in [0.1, 0.15) is 0 Å². The van der Waals surface area contributed by atoms with E-state index in [2.05, 4.69) is 43.2 Å². The molecule has 0 bridgehead atoms. The number of fused-ring (bicyclic) bond motifs is 5. The molecule has 1 unspecified atom stereocenters. The van der Waals surface area contributed by atoms with Crippen LogP contribution in [0.4, 0.5) is 0 Å². The average molecular weight is 391 g/mol. The molecule has 0 N–H and O–H groups in total. The lowest BCUT2D eigenvalue weighted by atomic mass is 9.48. The van der Waals surface area contributed by atoms with Crippen molar-refractivity contribution in [2.24, 2.45) is 40.4 Å². The molecule has 3 heteroatoms. The van der Waals surface area contributed by atoms with E-state index in [9.17, 15) is 4.79 Å². The number of ketones is 1. The Morgan fingerprint density at radius 3 is 2.70 bits per heavy atom. The zero-order valence-electron chi connectivity index (χ0n) is 17.8. The molecule has 0 heterocycles. The van der Waals surface area contributed by atoms with Crippen LogP contribution in [0.5, 0.6) is 0 Å². The van der Waals surface area contributed by atoms with Crippen molar-refractivity contribution in [2.45, 2.75) is 91.6 Å². The summed E-state index contributed by atoms with van der Waals surface area (Å²) in [5, 5.41) is 0. The molecule has 0 radical (unpaired) electrons. The summed E-state index contributed by atoms with van der Waals surface area (Å²) in [6, 6.07) is 0. The molecule has 0 aromatic heterocycles. The molecule has 9 atom stereocenters. The number of hydrogen-bond acceptors (Lipinski definition) is 2. The summed E-state index contributed by atoms with van der Waals surface area (Å²) in [7, 11) is 2.47. The van der Waals surface area contributed by atoms with Gasteiger partial charge in [0, 0.05) is 14.9 Å². The van der Waals surface area contributed by atoms with Crippen LogP contribution in [-0.4, -0.2) is 11.9 Å². The third-order valence-corrected chi connectivity index (χ3v) is 9.96. The molecule has 0 aliphatic heterocycles. The van der Waals surface area contributed by atoms with Crippen molar-refractivity contribution in [3.8, 4) is 0 Å². The second kappa shape index (κ2) is 7.24. The highest BCUT2D eigenvalue weighted by atomic mass is 31.0. The standard InChI is InChI=1S/C24H39O2P/c1-5-6-15(2)19-9-10-20-18-8-7-16-13-17(26-27)11-12-23(16,3)21(18)14-22(25)24(19,20)4/h14-20H,5-13,27H2,1-4H3/t15-,16-,17-,18+,19-,20+,23+,24-/m1/s1. The molecule has 152 valence electrons. The smallest absolute Gasteiger partial charge is 0.162 e. The van der Waals surface area contributed by atoms with Crippen molar-refractivity contribution >= 4 is 15.2 Å². The fourth-order valence-electron chi connectivity index (χ4n) is 8.00. The summed E-state index contributed by atoms with van der Waals surface area (Å²) in [6.45, 7) is 9.49. The van der Waals surface area contributed by atoms with E-state index in [1.165, 1.54) is 50.5 Å². The summed E-state index contributed by atoms with van der Waals surface area (Å²) >= 11 is 0. The number of carbonyl (C=O) groups excluding carboxylic acids is 1. The molecule has 3 fully saturated rings. The summed E-state index contributed by atoms with van der Waals surface area (Å²) in [5.74, 6) is 3.65. The Morgan fingerprint density at radius 2 is 2.00 bits per heavy atom. The molecule has 0 amide bonds. The lowest BCUT2D eigenvalue weighted by Crippen LogP contribution is -2.52. The van der Waals surface area contributed by atoms with E-state index < -0.39 is 0 Å². The second-order valence-corrected chi connectivity index (χ2v) is 10.9. The van der Waals surface area contributed by atoms with Gasteiger partial charge in [0.2, 0.25) is 0 Å². The second-order valence-electron chi connectivity index (χ2n) is 10.6. The predicted molar refractivity (Wildman–Crippen MR) is 114 cm³/mol. The van der Waals surface area contributed by atoms with Crippen molar-refractivity contribution < 1.29 is 9.32 Å². The van der Waals surface area contributed by atoms with E-state index in [4.69, 9.17) is 4.52 Å². The van der Waals surface area contributed by atoms with Crippen molar-refractivity contribution in [1.29, 1.82) is 0 Å². The fourth-order valence-corrected chi connectivity index (χ4v) is 8.24. The summed E-state index contributed by atoms with van der Waals surface area (Å²) in [4.78, 5) is 13.6. The molecule has 0 saturated heterocycles. The van der Waals surface area contributed by atoms with E-state index >= 15 is 0 Å². The van der Waals surface area contributed by atoms with Crippen LogP contribution in [0, 0.1) is 40.4 Å². The molecule has 27 heavy (non-hydrogen) atoms. The Labute approximate surface area is 168 Å². The third-order valence-electron chi connectivity index (χ3n) is 9.57. The molecule has 4 aliphatic carbocycles. The quantitative estimate of drug-likeness (QED) is 0.522. The van der Waals surface area contributed by atoms with E-state index in [1.807, 2.05) is 0 Å². The lowest BCUT2D eigenvalue weighted by molar-refractivity contribution is -0.132. The maximum Gasteiger partial charge on any atom is 0.162 e. The molecule has 4 rings (SSSR count). The first-order chi connectivity index (χ1) is 12.9. The molecule has 3 saturated carbocycles. The normalized spacial score (nSPS) is 47.7. The van der Waals surface area contributed by atoms with Gasteiger partial charge in [-0.05, 0) is 86.0 Å². The highest BCUT2D eigenvalue weighted by Crippen LogP contribution is 2.65. The number of carbonyl (C=O) groups is 1. The summed E-state index contributed by atoms with van der Waals surface area (Å²) in [6.07, 6.45) is 13.7. The van der Waals surface area contributed by atoms with Gasteiger partial charge in [0.15, 0.2) is 5.78 Å². The van der Waals surface area contributed by atoms with Gasteiger partial charge in [-0.15, -0.1) is 0 Å². The van der Waals surface area contributed by atoms with Gasteiger partial charge in [0.05, 0.1) is 6.10 Å². The lowest BCUT2D eigenvalue weighted by Gasteiger charge is -2.56. The van der Waals surface area contributed by atoms with Crippen LogP contribution in [0.3, 0.4) is 0 Å². The molecular weight excluding hydrogens is 351 g/mol. The monoisotopic (exact) mass is 390 g/mol. The number of allylic oxidation sites excluding steroid dienone is 2. The van der Waals surface area contributed by atoms with Gasteiger partial charge in [-0.3, -0.25) is 4.79 Å². The fraction of sp³-hybridized carbons (Fsp3) is 0.875. The molecule has 0 aromatic rings. The van der Waals surface area contributed by atoms with Crippen LogP contribution in [-0.2, 0) is 9.32 Å². The average Bonchev–Trinajstić information content (AvgIpc) is 3.01. The van der Waals surface area contributed by atoms with Crippen molar-refractivity contribution in [1.82, 2.24) is 0 Å². The molecular formula is C24H39O2P. The van der Waals surface area contributed by atoms with Gasteiger partial charge in [0.25, 0.3) is 0 Å². The molecule has 0 spiro atoms. The first-order valence-corrected chi connectivity index (χ1v) is 11.9. The van der Waals surface area contributed by atoms with E-state index in [0.717, 1.165) is 12.8 Å². The first-order valence-electron chi connectivity index (χ1n) is 11.5. The highest BCUT2D eigenvalue weighted by Gasteiger charge is 2.60. The minimum absolute atomic E-state index is 0.105. The van der Waals surface area contributed by atoms with Crippen molar-refractivity contribution in [3.05, 3.63) is 11.6 Å². The molecule has 2 nitrogen and oxygen atoms in total. The Morgan fingerprint density at radius 1 is 1.22 bits per heavy atom. The number of rotatable bonds is 4. The van der Waals surface area contributed by atoms with Crippen LogP contribution in [0.2, 0.25) is 0 Å². The topological polar surface area (TPSA) is 26.3 Å². The van der Waals surface area contributed by atoms with Crippen LogP contribution in [0.25, 0.3) is 0 Å². The zero-order valence-corrected chi connectivity index (χ0v) is 19.0. The van der Waals surface area contributed by atoms with E-state index in [-0.39, 0.29) is 10.8 Å². The molecule has 4 aliphatic rings. The maximum absolute atomic E-state index is 13.6. The van der Waals surface area contributed by atoms with Gasteiger partial charge < -0.3 is 4.52 Å². The number of hydrogen-bond donors (Lipinski definition) is 0. The Bertz CT molecular complexity index is 628. The van der Waals surface area contributed by atoms with Crippen LogP contribution in [0.1, 0.15) is 85.5 Å². The maximum atomic E-state index is 13.6. The van der Waals surface area contributed by atoms with E-state index in [1.54, 1.807) is 0 Å². The summed E-state index contributed by atoms with van der Waals surface area (Å²) in [5.41, 5.74) is 1.66. The van der Waals surface area contributed by atoms with Crippen LogP contribution in [0.15, 0.2) is 11.6 Å². The minimum atomic E-state index is -0.105. The highest BCUT2D eigenvalue weighted by molar-refractivity contribution is 7.09. The zero-order chi connectivity index (χ0) is 19.4. The van der Waals surface area contributed by atoms with Gasteiger partial charge >= 0.3 is 0 Å². The SMILES string of the molecule is CCC[C@@H](C)[C@H]1CC[C@H]2[C@@H]3CC[C@@H]4C[C@H](OP)CC[C@]4(C)C3=CC(=O)[C@]12C. The third kappa shape index (κ3) is 2.92.